The Hall–Kier alpha value is -1.10. The highest BCUT2D eigenvalue weighted by atomic mass is 16.5. The molecule has 2 unspecified atom stereocenters. The van der Waals surface area contributed by atoms with Gasteiger partial charge in [-0.25, -0.2) is 0 Å². The van der Waals surface area contributed by atoms with E-state index >= 15 is 0 Å². The highest BCUT2D eigenvalue weighted by Crippen LogP contribution is 2.14. The van der Waals surface area contributed by atoms with E-state index in [1.54, 1.807) is 12.0 Å². The summed E-state index contributed by atoms with van der Waals surface area (Å²) < 4.78 is 4.97. The zero-order valence-electron chi connectivity index (χ0n) is 11.6. The smallest absolute Gasteiger partial charge is 0.245 e. The van der Waals surface area contributed by atoms with Gasteiger partial charge in [-0.2, -0.15) is 0 Å². The summed E-state index contributed by atoms with van der Waals surface area (Å²) in [6, 6.07) is -0.348. The predicted molar refractivity (Wildman–Crippen MR) is 69.1 cm³/mol. The molecule has 2 amide bonds. The van der Waals surface area contributed by atoms with E-state index in [0.29, 0.717) is 13.2 Å². The SMILES string of the molecule is CCC(C)C1NC(=O)CN(CCCCOC)C1=O. The van der Waals surface area contributed by atoms with E-state index in [9.17, 15) is 9.59 Å². The normalized spacial score (nSPS) is 21.9. The largest absolute Gasteiger partial charge is 0.385 e. The Morgan fingerprint density at radius 2 is 2.17 bits per heavy atom. The number of carbonyl (C=O) groups is 2. The summed E-state index contributed by atoms with van der Waals surface area (Å²) in [5.74, 6) is 0.191. The first kappa shape index (κ1) is 15.0. The van der Waals surface area contributed by atoms with Crippen LogP contribution in [0.2, 0.25) is 0 Å². The minimum absolute atomic E-state index is 0.0494. The van der Waals surface area contributed by atoms with Crippen molar-refractivity contribution in [1.82, 2.24) is 10.2 Å². The third-order valence-corrected chi connectivity index (χ3v) is 3.47. The van der Waals surface area contributed by atoms with Crippen molar-refractivity contribution in [3.63, 3.8) is 0 Å². The molecule has 1 N–H and O–H groups in total. The molecule has 1 aliphatic rings. The van der Waals surface area contributed by atoms with E-state index in [-0.39, 0.29) is 30.3 Å². The first-order chi connectivity index (χ1) is 8.60. The van der Waals surface area contributed by atoms with Gasteiger partial charge in [0.15, 0.2) is 0 Å². The van der Waals surface area contributed by atoms with Crippen molar-refractivity contribution in [3.8, 4) is 0 Å². The van der Waals surface area contributed by atoms with Gasteiger partial charge in [-0.1, -0.05) is 20.3 Å². The van der Waals surface area contributed by atoms with Gasteiger partial charge in [0.1, 0.15) is 6.04 Å². The number of nitrogens with one attached hydrogen (secondary N) is 1. The summed E-state index contributed by atoms with van der Waals surface area (Å²) in [5.41, 5.74) is 0. The van der Waals surface area contributed by atoms with Crippen LogP contribution in [0.1, 0.15) is 33.1 Å². The molecule has 0 saturated carbocycles. The molecule has 5 heteroatoms. The summed E-state index contributed by atoms with van der Waals surface area (Å²) in [6.07, 6.45) is 2.67. The molecule has 1 fully saturated rings. The van der Waals surface area contributed by atoms with E-state index in [0.717, 1.165) is 19.3 Å². The lowest BCUT2D eigenvalue weighted by atomic mass is 9.96. The monoisotopic (exact) mass is 256 g/mol. The highest BCUT2D eigenvalue weighted by molar-refractivity contribution is 5.94. The summed E-state index contributed by atoms with van der Waals surface area (Å²) in [5, 5.41) is 2.79. The van der Waals surface area contributed by atoms with Crippen molar-refractivity contribution in [2.75, 3.05) is 26.8 Å². The molecule has 1 heterocycles. The van der Waals surface area contributed by atoms with Crippen LogP contribution >= 0.6 is 0 Å². The molecule has 2 atom stereocenters. The minimum Gasteiger partial charge on any atom is -0.385 e. The molecule has 0 aromatic rings. The van der Waals surface area contributed by atoms with Gasteiger partial charge in [-0.3, -0.25) is 9.59 Å². The number of nitrogens with zero attached hydrogens (tertiary/aromatic N) is 1. The molecule has 0 radical (unpaired) electrons. The number of rotatable bonds is 7. The van der Waals surface area contributed by atoms with Gasteiger partial charge in [0.05, 0.1) is 6.54 Å². The van der Waals surface area contributed by atoms with Crippen LogP contribution in [-0.4, -0.2) is 49.6 Å². The lowest BCUT2D eigenvalue weighted by Gasteiger charge is -2.35. The van der Waals surface area contributed by atoms with Gasteiger partial charge in [0.25, 0.3) is 0 Å². The minimum atomic E-state index is -0.348. The summed E-state index contributed by atoms with van der Waals surface area (Å²) in [4.78, 5) is 25.5. The number of ether oxygens (including phenoxy) is 1. The maximum Gasteiger partial charge on any atom is 0.245 e. The molecule has 0 spiro atoms. The average Bonchev–Trinajstić information content (AvgIpc) is 2.37. The fourth-order valence-corrected chi connectivity index (χ4v) is 2.09. The quantitative estimate of drug-likeness (QED) is 0.685. The molecule has 0 aromatic carbocycles. The number of hydrogen-bond donors (Lipinski definition) is 1. The third kappa shape index (κ3) is 3.98. The van der Waals surface area contributed by atoms with Crippen molar-refractivity contribution < 1.29 is 14.3 Å². The Morgan fingerprint density at radius 1 is 1.44 bits per heavy atom. The summed E-state index contributed by atoms with van der Waals surface area (Å²) in [6.45, 7) is 5.56. The molecule has 0 aliphatic carbocycles. The van der Waals surface area contributed by atoms with Crippen LogP contribution < -0.4 is 5.32 Å². The maximum atomic E-state index is 12.2. The summed E-state index contributed by atoms with van der Waals surface area (Å²) in [7, 11) is 1.67. The van der Waals surface area contributed by atoms with Gasteiger partial charge in [0.2, 0.25) is 11.8 Å². The Bertz CT molecular complexity index is 294. The number of methoxy groups -OCH3 is 1. The van der Waals surface area contributed by atoms with Crippen LogP contribution in [0.25, 0.3) is 0 Å². The fraction of sp³-hybridized carbons (Fsp3) is 0.846. The number of hydrogen-bond acceptors (Lipinski definition) is 3. The zero-order valence-corrected chi connectivity index (χ0v) is 11.6. The molecule has 18 heavy (non-hydrogen) atoms. The molecule has 1 aliphatic heterocycles. The molecule has 1 saturated heterocycles. The number of piperazine rings is 1. The zero-order chi connectivity index (χ0) is 13.5. The van der Waals surface area contributed by atoms with Crippen LogP contribution in [-0.2, 0) is 14.3 Å². The Balaban J connectivity index is 2.51. The van der Waals surface area contributed by atoms with Gasteiger partial charge < -0.3 is 15.0 Å². The van der Waals surface area contributed by atoms with Gasteiger partial charge in [-0.15, -0.1) is 0 Å². The molecule has 1 rings (SSSR count). The number of carbonyl (C=O) groups excluding carboxylic acids is 2. The fourth-order valence-electron chi connectivity index (χ4n) is 2.09. The van der Waals surface area contributed by atoms with Crippen LogP contribution in [0.3, 0.4) is 0 Å². The van der Waals surface area contributed by atoms with E-state index < -0.39 is 0 Å². The van der Waals surface area contributed by atoms with Crippen LogP contribution in [0.15, 0.2) is 0 Å². The summed E-state index contributed by atoms with van der Waals surface area (Å²) >= 11 is 0. The van der Waals surface area contributed by atoms with Crippen molar-refractivity contribution in [3.05, 3.63) is 0 Å². The second-order valence-electron chi connectivity index (χ2n) is 4.89. The molecular weight excluding hydrogens is 232 g/mol. The first-order valence-corrected chi connectivity index (χ1v) is 6.67. The third-order valence-electron chi connectivity index (χ3n) is 3.47. The molecule has 0 aromatic heterocycles. The standard InChI is InChI=1S/C13H24N2O3/c1-4-10(2)12-13(17)15(9-11(16)14-12)7-5-6-8-18-3/h10,12H,4-9H2,1-3H3,(H,14,16). The average molecular weight is 256 g/mol. The van der Waals surface area contributed by atoms with E-state index in [1.807, 2.05) is 13.8 Å². The lowest BCUT2D eigenvalue weighted by Crippen LogP contribution is -2.60. The van der Waals surface area contributed by atoms with Gasteiger partial charge in [-0.05, 0) is 18.8 Å². The molecule has 5 nitrogen and oxygen atoms in total. The molecule has 104 valence electrons. The lowest BCUT2D eigenvalue weighted by molar-refractivity contribution is -0.145. The topological polar surface area (TPSA) is 58.6 Å². The Labute approximate surface area is 109 Å². The van der Waals surface area contributed by atoms with E-state index in [4.69, 9.17) is 4.74 Å². The van der Waals surface area contributed by atoms with Gasteiger partial charge in [0, 0.05) is 20.3 Å². The Morgan fingerprint density at radius 3 is 2.78 bits per heavy atom. The van der Waals surface area contributed by atoms with Gasteiger partial charge >= 0.3 is 0 Å². The number of amides is 2. The highest BCUT2D eigenvalue weighted by Gasteiger charge is 2.34. The van der Waals surface area contributed by atoms with E-state index in [2.05, 4.69) is 5.32 Å². The number of unbranched alkanes of at least 4 members (excludes halogenated alkanes) is 1. The van der Waals surface area contributed by atoms with Crippen LogP contribution in [0, 0.1) is 5.92 Å². The van der Waals surface area contributed by atoms with Crippen molar-refractivity contribution >= 4 is 11.8 Å². The second kappa shape index (κ2) is 7.36. The van der Waals surface area contributed by atoms with Crippen molar-refractivity contribution in [2.45, 2.75) is 39.2 Å². The maximum absolute atomic E-state index is 12.2. The van der Waals surface area contributed by atoms with Crippen LogP contribution in [0.5, 0.6) is 0 Å². The molecular formula is C13H24N2O3. The van der Waals surface area contributed by atoms with E-state index in [1.165, 1.54) is 0 Å². The molecule has 0 bridgehead atoms. The predicted octanol–water partition coefficient (Wildman–Crippen LogP) is 0.786. The Kier molecular flexibility index (Phi) is 6.12. The first-order valence-electron chi connectivity index (χ1n) is 6.67. The second-order valence-corrected chi connectivity index (χ2v) is 4.89. The van der Waals surface area contributed by atoms with Crippen molar-refractivity contribution in [1.29, 1.82) is 0 Å². The van der Waals surface area contributed by atoms with Crippen molar-refractivity contribution in [2.24, 2.45) is 5.92 Å². The van der Waals surface area contributed by atoms with Crippen LogP contribution in [0.4, 0.5) is 0 Å².